The average Bonchev–Trinajstić information content (AvgIpc) is 2.80. The minimum absolute atomic E-state index is 0.266. The Labute approximate surface area is 121 Å². The van der Waals surface area contributed by atoms with E-state index in [1.54, 1.807) is 0 Å². The first-order valence-corrected chi connectivity index (χ1v) is 6.70. The van der Waals surface area contributed by atoms with Crippen molar-refractivity contribution in [3.63, 3.8) is 0 Å². The molecule has 2 atom stereocenters. The van der Waals surface area contributed by atoms with Gasteiger partial charge in [0.15, 0.2) is 0 Å². The monoisotopic (exact) mass is 289 g/mol. The topological polar surface area (TPSA) is 110 Å². The first-order chi connectivity index (χ1) is 9.87. The summed E-state index contributed by atoms with van der Waals surface area (Å²) in [6, 6.07) is 5.93. The Hall–Kier alpha value is -2.49. The number of non-ortho nitro benzene ring substituents is 1. The van der Waals surface area contributed by atoms with Gasteiger partial charge in [0.25, 0.3) is 11.4 Å². The Morgan fingerprint density at radius 3 is 2.57 bits per heavy atom. The summed E-state index contributed by atoms with van der Waals surface area (Å²) in [7, 11) is 0. The van der Waals surface area contributed by atoms with Crippen LogP contribution < -0.4 is 0 Å². The SMILES string of the molecule is CC1CCC(C#N)(Cc2ccc([N+](=O)[O-])cc2[N+](=O)[O-])C1. The fourth-order valence-electron chi connectivity index (χ4n) is 3.05. The quantitative estimate of drug-likeness (QED) is 0.623. The summed E-state index contributed by atoms with van der Waals surface area (Å²) in [4.78, 5) is 20.6. The molecule has 2 rings (SSSR count). The van der Waals surface area contributed by atoms with Gasteiger partial charge in [0.05, 0.1) is 27.4 Å². The highest BCUT2D eigenvalue weighted by Crippen LogP contribution is 2.44. The molecule has 7 nitrogen and oxygen atoms in total. The second-order valence-corrected chi connectivity index (χ2v) is 5.74. The number of nitro groups is 2. The minimum atomic E-state index is -0.658. The van der Waals surface area contributed by atoms with Crippen LogP contribution in [0.1, 0.15) is 31.7 Å². The molecular formula is C14H15N3O4. The molecule has 0 aliphatic heterocycles. The minimum Gasteiger partial charge on any atom is -0.258 e. The lowest BCUT2D eigenvalue weighted by Gasteiger charge is -2.20. The summed E-state index contributed by atoms with van der Waals surface area (Å²) in [6.45, 7) is 2.06. The van der Waals surface area contributed by atoms with Crippen LogP contribution in [0.2, 0.25) is 0 Å². The molecule has 1 fully saturated rings. The van der Waals surface area contributed by atoms with Crippen molar-refractivity contribution in [2.45, 2.75) is 32.6 Å². The summed E-state index contributed by atoms with van der Waals surface area (Å²) in [5.74, 6) is 0.418. The van der Waals surface area contributed by atoms with Crippen LogP contribution in [-0.4, -0.2) is 9.85 Å². The van der Waals surface area contributed by atoms with Gasteiger partial charge in [-0.15, -0.1) is 0 Å². The zero-order valence-electron chi connectivity index (χ0n) is 11.6. The smallest absolute Gasteiger partial charge is 0.258 e. The predicted molar refractivity (Wildman–Crippen MR) is 74.5 cm³/mol. The molecule has 110 valence electrons. The molecule has 2 unspecified atom stereocenters. The second-order valence-electron chi connectivity index (χ2n) is 5.74. The van der Waals surface area contributed by atoms with Crippen LogP contribution in [0.15, 0.2) is 18.2 Å². The average molecular weight is 289 g/mol. The maximum atomic E-state index is 11.1. The van der Waals surface area contributed by atoms with Crippen LogP contribution in [0.4, 0.5) is 11.4 Å². The Morgan fingerprint density at radius 1 is 1.38 bits per heavy atom. The Bertz CT molecular complexity index is 638. The van der Waals surface area contributed by atoms with E-state index in [2.05, 4.69) is 13.0 Å². The Balaban J connectivity index is 2.38. The molecule has 0 spiro atoms. The van der Waals surface area contributed by atoms with Crippen LogP contribution in [0.3, 0.4) is 0 Å². The van der Waals surface area contributed by atoms with Crippen molar-refractivity contribution in [3.05, 3.63) is 44.0 Å². The lowest BCUT2D eigenvalue weighted by atomic mass is 9.80. The Morgan fingerprint density at radius 2 is 2.10 bits per heavy atom. The molecule has 0 saturated heterocycles. The maximum absolute atomic E-state index is 11.1. The molecule has 7 heteroatoms. The van der Waals surface area contributed by atoms with E-state index >= 15 is 0 Å². The molecule has 0 N–H and O–H groups in total. The van der Waals surface area contributed by atoms with Crippen molar-refractivity contribution in [2.75, 3.05) is 0 Å². The molecule has 0 amide bonds. The zero-order valence-corrected chi connectivity index (χ0v) is 11.6. The van der Waals surface area contributed by atoms with Crippen molar-refractivity contribution >= 4 is 11.4 Å². The molecule has 1 aromatic carbocycles. The molecule has 1 aromatic rings. The first-order valence-electron chi connectivity index (χ1n) is 6.70. The Kier molecular flexibility index (Phi) is 3.89. The van der Waals surface area contributed by atoms with Crippen molar-refractivity contribution in [3.8, 4) is 6.07 Å². The van der Waals surface area contributed by atoms with Gasteiger partial charge in [-0.05, 0) is 37.7 Å². The zero-order chi connectivity index (χ0) is 15.6. The molecular weight excluding hydrogens is 274 g/mol. The first kappa shape index (κ1) is 14.9. The number of nitro benzene ring substituents is 2. The molecule has 0 radical (unpaired) electrons. The summed E-state index contributed by atoms with van der Waals surface area (Å²) in [5.41, 5.74) is -0.795. The highest BCUT2D eigenvalue weighted by molar-refractivity contribution is 5.49. The molecule has 21 heavy (non-hydrogen) atoms. The van der Waals surface area contributed by atoms with Gasteiger partial charge in [-0.1, -0.05) is 6.92 Å². The van der Waals surface area contributed by atoms with Crippen molar-refractivity contribution in [1.82, 2.24) is 0 Å². The van der Waals surface area contributed by atoms with Crippen LogP contribution in [0.5, 0.6) is 0 Å². The number of rotatable bonds is 4. The number of benzene rings is 1. The highest BCUT2D eigenvalue weighted by atomic mass is 16.6. The standard InChI is InChI=1S/C14H15N3O4/c1-10-4-5-14(7-10,9-15)8-11-2-3-12(16(18)19)6-13(11)17(20)21/h2-3,6,10H,4-5,7-8H2,1H3. The van der Waals surface area contributed by atoms with Gasteiger partial charge in [-0.3, -0.25) is 20.2 Å². The third-order valence-electron chi connectivity index (χ3n) is 4.10. The number of hydrogen-bond donors (Lipinski definition) is 0. The van der Waals surface area contributed by atoms with E-state index in [-0.39, 0.29) is 17.8 Å². The molecule has 1 saturated carbocycles. The molecule has 0 heterocycles. The van der Waals surface area contributed by atoms with Crippen LogP contribution in [0, 0.1) is 42.9 Å². The van der Waals surface area contributed by atoms with E-state index in [0.29, 0.717) is 24.3 Å². The van der Waals surface area contributed by atoms with Crippen LogP contribution >= 0.6 is 0 Å². The highest BCUT2D eigenvalue weighted by Gasteiger charge is 2.39. The van der Waals surface area contributed by atoms with Crippen LogP contribution in [-0.2, 0) is 6.42 Å². The predicted octanol–water partition coefficient (Wildman–Crippen LogP) is 3.38. The second kappa shape index (κ2) is 5.48. The van der Waals surface area contributed by atoms with Gasteiger partial charge in [-0.2, -0.15) is 5.26 Å². The summed E-state index contributed by atoms with van der Waals surface area (Å²) >= 11 is 0. The van der Waals surface area contributed by atoms with Gasteiger partial charge < -0.3 is 0 Å². The fourth-order valence-corrected chi connectivity index (χ4v) is 3.05. The van der Waals surface area contributed by atoms with Gasteiger partial charge in [0.2, 0.25) is 0 Å². The molecule has 1 aliphatic carbocycles. The van der Waals surface area contributed by atoms with Gasteiger partial charge in [0, 0.05) is 11.6 Å². The lowest BCUT2D eigenvalue weighted by molar-refractivity contribution is -0.394. The largest absolute Gasteiger partial charge is 0.279 e. The van der Waals surface area contributed by atoms with E-state index in [1.807, 2.05) is 0 Å². The van der Waals surface area contributed by atoms with E-state index in [1.165, 1.54) is 12.1 Å². The van der Waals surface area contributed by atoms with Crippen molar-refractivity contribution in [2.24, 2.45) is 11.3 Å². The molecule has 0 aromatic heterocycles. The van der Waals surface area contributed by atoms with Gasteiger partial charge >= 0.3 is 0 Å². The van der Waals surface area contributed by atoms with E-state index in [0.717, 1.165) is 12.5 Å². The van der Waals surface area contributed by atoms with E-state index in [4.69, 9.17) is 0 Å². The lowest BCUT2D eigenvalue weighted by Crippen LogP contribution is -2.18. The summed E-state index contributed by atoms with van der Waals surface area (Å²) in [5, 5.41) is 31.3. The third kappa shape index (κ3) is 2.99. The summed E-state index contributed by atoms with van der Waals surface area (Å²) < 4.78 is 0. The maximum Gasteiger partial charge on any atom is 0.279 e. The number of nitrogens with zero attached hydrogens (tertiary/aromatic N) is 3. The van der Waals surface area contributed by atoms with Crippen LogP contribution in [0.25, 0.3) is 0 Å². The van der Waals surface area contributed by atoms with Crippen molar-refractivity contribution in [1.29, 1.82) is 5.26 Å². The number of hydrogen-bond acceptors (Lipinski definition) is 5. The van der Waals surface area contributed by atoms with E-state index in [9.17, 15) is 25.5 Å². The van der Waals surface area contributed by atoms with Gasteiger partial charge in [-0.25, -0.2) is 0 Å². The van der Waals surface area contributed by atoms with Crippen molar-refractivity contribution < 1.29 is 9.85 Å². The van der Waals surface area contributed by atoms with E-state index < -0.39 is 15.3 Å². The normalized spacial score (nSPS) is 24.5. The molecule has 0 bridgehead atoms. The summed E-state index contributed by atoms with van der Waals surface area (Å²) in [6.07, 6.45) is 2.60. The van der Waals surface area contributed by atoms with Gasteiger partial charge in [0.1, 0.15) is 0 Å². The third-order valence-corrected chi connectivity index (χ3v) is 4.10. The molecule has 1 aliphatic rings. The fraction of sp³-hybridized carbons (Fsp3) is 0.500. The number of nitriles is 1.